The van der Waals surface area contributed by atoms with Crippen molar-refractivity contribution in [2.24, 2.45) is 0 Å². The molecule has 0 spiro atoms. The van der Waals surface area contributed by atoms with Crippen molar-refractivity contribution in [2.75, 3.05) is 0 Å². The van der Waals surface area contributed by atoms with Crippen LogP contribution in [0.1, 0.15) is 0 Å². The minimum Gasteiger partial charge on any atom is -0.0616 e. The number of rotatable bonds is 0. The van der Waals surface area contributed by atoms with Crippen LogP contribution in [0.15, 0.2) is 109 Å². The van der Waals surface area contributed by atoms with E-state index in [1.165, 1.54) is 75.4 Å². The molecule has 0 atom stereocenters. The number of benzene rings is 8. The summed E-state index contributed by atoms with van der Waals surface area (Å²) in [6.07, 6.45) is 0. The molecule has 0 aliphatic rings. The Morgan fingerprint density at radius 2 is 0.719 bits per heavy atom. The van der Waals surface area contributed by atoms with E-state index < -0.39 is 0 Å². The van der Waals surface area contributed by atoms with Crippen LogP contribution < -0.4 is 0 Å². The van der Waals surface area contributed by atoms with E-state index in [2.05, 4.69) is 109 Å². The van der Waals surface area contributed by atoms with Gasteiger partial charge in [-0.2, -0.15) is 0 Å². The highest BCUT2D eigenvalue weighted by Gasteiger charge is 2.17. The van der Waals surface area contributed by atoms with E-state index in [4.69, 9.17) is 0 Å². The van der Waals surface area contributed by atoms with E-state index in [-0.39, 0.29) is 0 Å². The highest BCUT2D eigenvalue weighted by Crippen LogP contribution is 2.45. The van der Waals surface area contributed by atoms with Crippen LogP contribution in [0.5, 0.6) is 0 Å². The van der Waals surface area contributed by atoms with Gasteiger partial charge >= 0.3 is 0 Å². The fourth-order valence-corrected chi connectivity index (χ4v) is 5.92. The second kappa shape index (κ2) is 5.75. The van der Waals surface area contributed by atoms with Gasteiger partial charge in [-0.3, -0.25) is 0 Å². The van der Waals surface area contributed by atoms with E-state index in [9.17, 15) is 0 Å². The highest BCUT2D eigenvalue weighted by molar-refractivity contribution is 6.40. The zero-order chi connectivity index (χ0) is 20.8. The Hall–Kier alpha value is -4.16. The van der Waals surface area contributed by atoms with Gasteiger partial charge in [0.2, 0.25) is 0 Å². The van der Waals surface area contributed by atoms with Crippen molar-refractivity contribution in [1.82, 2.24) is 0 Å². The fourth-order valence-electron chi connectivity index (χ4n) is 5.92. The summed E-state index contributed by atoms with van der Waals surface area (Å²) in [5.41, 5.74) is 0. The van der Waals surface area contributed by atoms with E-state index in [1.807, 2.05) is 0 Å². The van der Waals surface area contributed by atoms with Gasteiger partial charge in [0.15, 0.2) is 0 Å². The highest BCUT2D eigenvalue weighted by atomic mass is 14.2. The average Bonchev–Trinajstić information content (AvgIpc) is 2.86. The van der Waals surface area contributed by atoms with Gasteiger partial charge in [0, 0.05) is 0 Å². The molecule has 0 unspecified atom stereocenters. The molecule has 0 heteroatoms. The van der Waals surface area contributed by atoms with Crippen molar-refractivity contribution in [2.45, 2.75) is 0 Å². The van der Waals surface area contributed by atoms with Gasteiger partial charge < -0.3 is 0 Å². The summed E-state index contributed by atoms with van der Waals surface area (Å²) in [4.78, 5) is 0. The Kier molecular flexibility index (Phi) is 2.97. The number of hydrogen-bond acceptors (Lipinski definition) is 0. The van der Waals surface area contributed by atoms with Crippen LogP contribution in [-0.2, 0) is 0 Å². The van der Waals surface area contributed by atoms with Crippen LogP contribution in [-0.4, -0.2) is 0 Å². The van der Waals surface area contributed by atoms with Crippen LogP contribution in [0.2, 0.25) is 0 Å². The molecule has 0 amide bonds. The first-order chi connectivity index (χ1) is 15.9. The molecule has 8 rings (SSSR count). The molecule has 0 bridgehead atoms. The summed E-state index contributed by atoms with van der Waals surface area (Å²) in [5, 5.41) is 18.7. The van der Waals surface area contributed by atoms with Crippen LogP contribution in [0, 0.1) is 0 Å². The molecule has 0 nitrogen and oxygen atoms in total. The lowest BCUT2D eigenvalue weighted by Crippen LogP contribution is -1.90. The van der Waals surface area contributed by atoms with Crippen LogP contribution in [0.4, 0.5) is 0 Å². The van der Waals surface area contributed by atoms with Gasteiger partial charge in [0.25, 0.3) is 0 Å². The molecule has 0 saturated heterocycles. The third-order valence-electron chi connectivity index (χ3n) is 7.31. The van der Waals surface area contributed by atoms with Crippen molar-refractivity contribution in [1.29, 1.82) is 0 Å². The molecule has 0 heterocycles. The Labute approximate surface area is 184 Å². The Bertz CT molecular complexity index is 2020. The molecule has 0 aromatic heterocycles. The minimum atomic E-state index is 1.29. The maximum atomic E-state index is 2.42. The molecule has 0 aliphatic heterocycles. The topological polar surface area (TPSA) is 0 Å². The summed E-state index contributed by atoms with van der Waals surface area (Å²) in [5.74, 6) is 0. The molecule has 32 heavy (non-hydrogen) atoms. The average molecular weight is 402 g/mol. The van der Waals surface area contributed by atoms with Crippen LogP contribution in [0.25, 0.3) is 75.4 Å². The molecular weight excluding hydrogens is 384 g/mol. The third-order valence-corrected chi connectivity index (χ3v) is 7.31. The van der Waals surface area contributed by atoms with E-state index in [0.29, 0.717) is 0 Å². The van der Waals surface area contributed by atoms with Crippen molar-refractivity contribution in [3.63, 3.8) is 0 Å². The molecule has 0 saturated carbocycles. The van der Waals surface area contributed by atoms with Crippen molar-refractivity contribution < 1.29 is 0 Å². The molecule has 146 valence electrons. The summed E-state index contributed by atoms with van der Waals surface area (Å²) in [7, 11) is 0. The lowest BCUT2D eigenvalue weighted by molar-refractivity contribution is 1.79. The van der Waals surface area contributed by atoms with Crippen LogP contribution in [0.3, 0.4) is 0 Å². The van der Waals surface area contributed by atoms with Gasteiger partial charge in [-0.05, 0) is 99.7 Å². The molecule has 0 fully saturated rings. The Morgan fingerprint density at radius 3 is 1.41 bits per heavy atom. The van der Waals surface area contributed by atoms with Crippen molar-refractivity contribution >= 4 is 75.4 Å². The Balaban J connectivity index is 1.75. The van der Waals surface area contributed by atoms with Crippen molar-refractivity contribution in [3.05, 3.63) is 109 Å². The predicted molar refractivity (Wildman–Crippen MR) is 140 cm³/mol. The monoisotopic (exact) mass is 402 g/mol. The SMILES string of the molecule is c1ccc2cc3c(cc2c1)cc1c2ccccc2c2cc4ccccc4c4ccc3c1c42. The normalized spacial score (nSPS) is 12.4. The minimum absolute atomic E-state index is 1.29. The van der Waals surface area contributed by atoms with E-state index in [1.54, 1.807) is 0 Å². The van der Waals surface area contributed by atoms with E-state index in [0.717, 1.165) is 0 Å². The number of fused-ring (bicyclic) bond motifs is 8. The summed E-state index contributed by atoms with van der Waals surface area (Å²) in [6, 6.07) is 40.6. The quantitative estimate of drug-likeness (QED) is 0.175. The van der Waals surface area contributed by atoms with E-state index >= 15 is 0 Å². The predicted octanol–water partition coefficient (Wildman–Crippen LogP) is 9.20. The van der Waals surface area contributed by atoms with Gasteiger partial charge in [-0.1, -0.05) is 84.9 Å². The summed E-state index contributed by atoms with van der Waals surface area (Å²) in [6.45, 7) is 0. The zero-order valence-corrected chi connectivity index (χ0v) is 17.4. The summed E-state index contributed by atoms with van der Waals surface area (Å²) < 4.78 is 0. The fraction of sp³-hybridized carbons (Fsp3) is 0. The first-order valence-corrected chi connectivity index (χ1v) is 11.2. The first-order valence-electron chi connectivity index (χ1n) is 11.2. The lowest BCUT2D eigenvalue weighted by Gasteiger charge is -2.18. The molecule has 0 N–H and O–H groups in total. The van der Waals surface area contributed by atoms with Crippen molar-refractivity contribution in [3.8, 4) is 0 Å². The maximum absolute atomic E-state index is 2.42. The summed E-state index contributed by atoms with van der Waals surface area (Å²) >= 11 is 0. The Morgan fingerprint density at radius 1 is 0.250 bits per heavy atom. The second-order valence-electron chi connectivity index (χ2n) is 8.95. The molecule has 8 aromatic carbocycles. The van der Waals surface area contributed by atoms with Gasteiger partial charge in [0.1, 0.15) is 0 Å². The second-order valence-corrected chi connectivity index (χ2v) is 8.95. The van der Waals surface area contributed by atoms with Gasteiger partial charge in [-0.25, -0.2) is 0 Å². The molecule has 0 aliphatic carbocycles. The third kappa shape index (κ3) is 1.98. The smallest absolute Gasteiger partial charge is 0.00137 e. The first kappa shape index (κ1) is 16.5. The van der Waals surface area contributed by atoms with Crippen LogP contribution >= 0.6 is 0 Å². The molecular formula is C32H18. The largest absolute Gasteiger partial charge is 0.0616 e. The lowest BCUT2D eigenvalue weighted by atomic mass is 9.85. The van der Waals surface area contributed by atoms with Gasteiger partial charge in [0.05, 0.1) is 0 Å². The maximum Gasteiger partial charge on any atom is -0.00137 e. The molecule has 0 radical (unpaired) electrons. The zero-order valence-electron chi connectivity index (χ0n) is 17.4. The standard InChI is InChI=1S/C32H18/c1-2-8-20-16-28-22(15-19(20)7-1)18-30-25-12-6-5-11-24(25)29-17-21-9-3-4-10-23(21)26-13-14-27(28)32(30)31(26)29/h1-18H. The number of hydrogen-bond donors (Lipinski definition) is 0. The molecule has 8 aromatic rings. The van der Waals surface area contributed by atoms with Gasteiger partial charge in [-0.15, -0.1) is 0 Å².